The van der Waals surface area contributed by atoms with E-state index in [0.29, 0.717) is 12.2 Å². The van der Waals surface area contributed by atoms with Crippen LogP contribution in [-0.2, 0) is 4.74 Å². The van der Waals surface area contributed by atoms with Crippen molar-refractivity contribution in [1.29, 1.82) is 0 Å². The third-order valence-corrected chi connectivity index (χ3v) is 6.13. The quantitative estimate of drug-likeness (QED) is 0.264. The number of ether oxygens (including phenoxy) is 1. The maximum absolute atomic E-state index is 12.0. The molecule has 1 N–H and O–H groups in total. The molecule has 3 heteroatoms. The van der Waals surface area contributed by atoms with Crippen LogP contribution in [0.1, 0.15) is 120 Å². The summed E-state index contributed by atoms with van der Waals surface area (Å²) in [6.07, 6.45) is 14.2. The van der Waals surface area contributed by atoms with Crippen LogP contribution in [0.25, 0.3) is 11.1 Å². The molecule has 1 aliphatic rings. The lowest BCUT2D eigenvalue weighted by Gasteiger charge is -2.25. The third-order valence-electron chi connectivity index (χ3n) is 6.13. The first-order chi connectivity index (χ1) is 16.6. The summed E-state index contributed by atoms with van der Waals surface area (Å²) >= 11 is 0. The Balaban J connectivity index is 0.000000491. The molecule has 3 rings (SSSR count). The van der Waals surface area contributed by atoms with Crippen molar-refractivity contribution in [3.05, 3.63) is 59.7 Å². The van der Waals surface area contributed by atoms with Gasteiger partial charge in [0.15, 0.2) is 0 Å². The number of rotatable bonds is 11. The van der Waals surface area contributed by atoms with E-state index >= 15 is 0 Å². The fraction of sp³-hybridized carbons (Fsp3) is 0.581. The van der Waals surface area contributed by atoms with Gasteiger partial charge in [0.1, 0.15) is 0 Å². The molecule has 0 heterocycles. The molecular weight excluding hydrogens is 420 g/mol. The van der Waals surface area contributed by atoms with Gasteiger partial charge in [0.2, 0.25) is 0 Å². The molecule has 0 amide bonds. The molecule has 0 aliphatic heterocycles. The van der Waals surface area contributed by atoms with E-state index in [1.165, 1.54) is 62.5 Å². The van der Waals surface area contributed by atoms with E-state index in [4.69, 9.17) is 9.84 Å². The fourth-order valence-electron chi connectivity index (χ4n) is 3.77. The summed E-state index contributed by atoms with van der Waals surface area (Å²) in [5, 5.41) is 7.57. The van der Waals surface area contributed by atoms with E-state index in [1.807, 2.05) is 24.3 Å². The number of carbonyl (C=O) groups is 1. The molecule has 2 aromatic rings. The highest BCUT2D eigenvalue weighted by atomic mass is 16.5. The normalized spacial score (nSPS) is 12.5. The number of carbonyl (C=O) groups excluding carboxylic acids is 1. The van der Waals surface area contributed by atoms with Crippen LogP contribution in [0, 0.1) is 0 Å². The SMILES string of the molecule is CCCCCCC.CCCCCOC(=O)c1ccc(-c2ccc(C3CCC3)cc2)cc1.CCO. The van der Waals surface area contributed by atoms with Gasteiger partial charge in [-0.15, -0.1) is 0 Å². The van der Waals surface area contributed by atoms with Crippen LogP contribution in [0.4, 0.5) is 0 Å². The van der Waals surface area contributed by atoms with Crippen LogP contribution < -0.4 is 0 Å². The molecule has 1 fully saturated rings. The fourth-order valence-corrected chi connectivity index (χ4v) is 3.77. The van der Waals surface area contributed by atoms with Crippen molar-refractivity contribution in [3.63, 3.8) is 0 Å². The summed E-state index contributed by atoms with van der Waals surface area (Å²) < 4.78 is 5.30. The van der Waals surface area contributed by atoms with Gasteiger partial charge >= 0.3 is 5.97 Å². The van der Waals surface area contributed by atoms with Crippen LogP contribution in [0.3, 0.4) is 0 Å². The van der Waals surface area contributed by atoms with Gasteiger partial charge in [0.25, 0.3) is 0 Å². The minimum Gasteiger partial charge on any atom is -0.462 e. The Morgan fingerprint density at radius 3 is 1.68 bits per heavy atom. The standard InChI is InChI=1S/C22H26O2.C7H16.C2H6O/c1-2-3-4-16-24-22(23)21-14-12-20(13-15-21)19-10-8-18(9-11-19)17-6-5-7-17;1-3-5-7-6-4-2;1-2-3/h8-15,17H,2-7,16H2,1H3;3-7H2,1-2H3;3H,2H2,1H3. The van der Waals surface area contributed by atoms with Crippen LogP contribution >= 0.6 is 0 Å². The average Bonchev–Trinajstić information content (AvgIpc) is 2.83. The van der Waals surface area contributed by atoms with Crippen molar-refractivity contribution >= 4 is 5.97 Å². The number of aliphatic hydroxyl groups is 1. The van der Waals surface area contributed by atoms with E-state index in [-0.39, 0.29) is 12.6 Å². The maximum Gasteiger partial charge on any atom is 0.338 e. The van der Waals surface area contributed by atoms with Gasteiger partial charge in [-0.3, -0.25) is 0 Å². The molecule has 1 aliphatic carbocycles. The van der Waals surface area contributed by atoms with Crippen molar-refractivity contribution in [3.8, 4) is 11.1 Å². The Morgan fingerprint density at radius 1 is 0.765 bits per heavy atom. The zero-order valence-corrected chi connectivity index (χ0v) is 22.2. The van der Waals surface area contributed by atoms with Gasteiger partial charge < -0.3 is 9.84 Å². The summed E-state index contributed by atoms with van der Waals surface area (Å²) in [4.78, 5) is 12.0. The molecule has 0 unspecified atom stereocenters. The second-order valence-corrected chi connectivity index (χ2v) is 9.05. The summed E-state index contributed by atoms with van der Waals surface area (Å²) in [7, 11) is 0. The molecule has 34 heavy (non-hydrogen) atoms. The summed E-state index contributed by atoms with van der Waals surface area (Å²) in [6, 6.07) is 16.6. The lowest BCUT2D eigenvalue weighted by molar-refractivity contribution is 0.0498. The minimum absolute atomic E-state index is 0.224. The molecule has 3 nitrogen and oxygen atoms in total. The smallest absolute Gasteiger partial charge is 0.338 e. The summed E-state index contributed by atoms with van der Waals surface area (Å²) in [5.41, 5.74) is 4.41. The number of aliphatic hydroxyl groups excluding tert-OH is 1. The predicted molar refractivity (Wildman–Crippen MR) is 145 cm³/mol. The van der Waals surface area contributed by atoms with Crippen LogP contribution in [-0.4, -0.2) is 24.3 Å². The second-order valence-electron chi connectivity index (χ2n) is 9.05. The molecule has 0 spiro atoms. The predicted octanol–water partition coefficient (Wildman–Crippen LogP) is 8.94. The molecule has 1 saturated carbocycles. The van der Waals surface area contributed by atoms with Crippen molar-refractivity contribution in [2.75, 3.05) is 13.2 Å². The van der Waals surface area contributed by atoms with E-state index in [9.17, 15) is 4.79 Å². The van der Waals surface area contributed by atoms with E-state index in [1.54, 1.807) is 6.92 Å². The van der Waals surface area contributed by atoms with Crippen molar-refractivity contribution in [2.45, 2.75) is 104 Å². The first-order valence-corrected chi connectivity index (χ1v) is 13.6. The van der Waals surface area contributed by atoms with Gasteiger partial charge in [-0.1, -0.05) is 109 Å². The highest BCUT2D eigenvalue weighted by molar-refractivity contribution is 5.90. The van der Waals surface area contributed by atoms with Gasteiger partial charge in [0.05, 0.1) is 12.2 Å². The lowest BCUT2D eigenvalue weighted by Crippen LogP contribution is -2.08. The Labute approximate surface area is 208 Å². The number of unbranched alkanes of at least 4 members (excludes halogenated alkanes) is 6. The topological polar surface area (TPSA) is 46.5 Å². The van der Waals surface area contributed by atoms with Gasteiger partial charge in [-0.25, -0.2) is 4.79 Å². The lowest BCUT2D eigenvalue weighted by atomic mass is 9.80. The van der Waals surface area contributed by atoms with Gasteiger partial charge in [0, 0.05) is 6.61 Å². The van der Waals surface area contributed by atoms with Crippen molar-refractivity contribution < 1.29 is 14.6 Å². The van der Waals surface area contributed by atoms with Crippen LogP contribution in [0.15, 0.2) is 48.5 Å². The largest absolute Gasteiger partial charge is 0.462 e. The molecule has 0 aromatic heterocycles. The van der Waals surface area contributed by atoms with Gasteiger partial charge in [-0.05, 0) is 60.9 Å². The zero-order chi connectivity index (χ0) is 25.0. The van der Waals surface area contributed by atoms with E-state index in [2.05, 4.69) is 45.0 Å². The molecule has 0 radical (unpaired) electrons. The molecule has 190 valence electrons. The van der Waals surface area contributed by atoms with Crippen molar-refractivity contribution in [1.82, 2.24) is 0 Å². The van der Waals surface area contributed by atoms with Gasteiger partial charge in [-0.2, -0.15) is 0 Å². The van der Waals surface area contributed by atoms with E-state index in [0.717, 1.165) is 30.7 Å². The Kier molecular flexibility index (Phi) is 16.9. The molecule has 0 bridgehead atoms. The van der Waals surface area contributed by atoms with Crippen LogP contribution in [0.2, 0.25) is 0 Å². The summed E-state index contributed by atoms with van der Waals surface area (Å²) in [5.74, 6) is 0.543. The average molecular weight is 469 g/mol. The first-order valence-electron chi connectivity index (χ1n) is 13.6. The highest BCUT2D eigenvalue weighted by Crippen LogP contribution is 2.36. The van der Waals surface area contributed by atoms with Crippen molar-refractivity contribution in [2.24, 2.45) is 0 Å². The zero-order valence-electron chi connectivity index (χ0n) is 22.2. The Morgan fingerprint density at radius 2 is 1.24 bits per heavy atom. The first kappa shape index (κ1) is 29.9. The molecule has 0 saturated heterocycles. The van der Waals surface area contributed by atoms with Crippen LogP contribution in [0.5, 0.6) is 0 Å². The Hall–Kier alpha value is -2.13. The molecular formula is C31H48O3. The number of benzene rings is 2. The Bertz CT molecular complexity index is 741. The molecule has 0 atom stereocenters. The summed E-state index contributed by atoms with van der Waals surface area (Å²) in [6.45, 7) is 9.07. The van der Waals surface area contributed by atoms with E-state index < -0.39 is 0 Å². The number of hydrogen-bond donors (Lipinski definition) is 1. The number of hydrogen-bond acceptors (Lipinski definition) is 3. The third kappa shape index (κ3) is 11.8. The maximum atomic E-state index is 12.0. The monoisotopic (exact) mass is 468 g/mol. The second kappa shape index (κ2) is 19.2. The molecule has 2 aromatic carbocycles. The number of esters is 1. The minimum atomic E-state index is -0.224. The highest BCUT2D eigenvalue weighted by Gasteiger charge is 2.19.